The standard InChI is InChI=1S/C12H21N3O3/c1-12(2,3)18-7-8(13)10-11(17-5)15-9(16-4)6-14-10/h6,8H,7,13H2,1-5H3. The maximum atomic E-state index is 6.02. The topological polar surface area (TPSA) is 79.5 Å². The molecule has 18 heavy (non-hydrogen) atoms. The fourth-order valence-electron chi connectivity index (χ4n) is 1.29. The average molecular weight is 255 g/mol. The van der Waals surface area contributed by atoms with Crippen LogP contribution in [0.4, 0.5) is 0 Å². The molecule has 2 N–H and O–H groups in total. The largest absolute Gasteiger partial charge is 0.480 e. The fraction of sp³-hybridized carbons (Fsp3) is 0.667. The Morgan fingerprint density at radius 2 is 1.94 bits per heavy atom. The molecule has 0 amide bonds. The molecule has 0 bridgehead atoms. The van der Waals surface area contributed by atoms with Crippen molar-refractivity contribution in [2.24, 2.45) is 5.73 Å². The zero-order chi connectivity index (χ0) is 13.8. The first-order chi connectivity index (χ1) is 8.37. The minimum absolute atomic E-state index is 0.245. The van der Waals surface area contributed by atoms with Gasteiger partial charge < -0.3 is 19.9 Å². The van der Waals surface area contributed by atoms with Crippen molar-refractivity contribution in [3.05, 3.63) is 11.9 Å². The summed E-state index contributed by atoms with van der Waals surface area (Å²) in [4.78, 5) is 8.34. The summed E-state index contributed by atoms with van der Waals surface area (Å²) >= 11 is 0. The molecule has 0 aliphatic heterocycles. The van der Waals surface area contributed by atoms with Crippen molar-refractivity contribution < 1.29 is 14.2 Å². The molecule has 0 fully saturated rings. The second-order valence-corrected chi connectivity index (χ2v) is 4.84. The van der Waals surface area contributed by atoms with Crippen LogP contribution in [0.3, 0.4) is 0 Å². The smallest absolute Gasteiger partial charge is 0.240 e. The normalized spacial score (nSPS) is 13.2. The lowest BCUT2D eigenvalue weighted by Gasteiger charge is -2.22. The van der Waals surface area contributed by atoms with Crippen LogP contribution < -0.4 is 15.2 Å². The Balaban J connectivity index is 2.81. The molecule has 0 aliphatic rings. The van der Waals surface area contributed by atoms with E-state index >= 15 is 0 Å². The van der Waals surface area contributed by atoms with E-state index in [1.807, 2.05) is 20.8 Å². The zero-order valence-electron chi connectivity index (χ0n) is 11.6. The molecule has 1 unspecified atom stereocenters. The highest BCUT2D eigenvalue weighted by Crippen LogP contribution is 2.23. The van der Waals surface area contributed by atoms with Gasteiger partial charge in [0.25, 0.3) is 0 Å². The molecule has 6 heteroatoms. The molecule has 1 heterocycles. The Labute approximate surface area is 107 Å². The van der Waals surface area contributed by atoms with Crippen molar-refractivity contribution in [1.29, 1.82) is 0 Å². The number of ether oxygens (including phenoxy) is 3. The Morgan fingerprint density at radius 1 is 1.28 bits per heavy atom. The van der Waals surface area contributed by atoms with Gasteiger partial charge in [0.15, 0.2) is 0 Å². The molecule has 102 valence electrons. The van der Waals surface area contributed by atoms with Crippen LogP contribution in [0.25, 0.3) is 0 Å². The lowest BCUT2D eigenvalue weighted by molar-refractivity contribution is -0.0109. The van der Waals surface area contributed by atoms with Crippen LogP contribution in [0.2, 0.25) is 0 Å². The first-order valence-corrected chi connectivity index (χ1v) is 5.72. The summed E-state index contributed by atoms with van der Waals surface area (Å²) in [6.07, 6.45) is 1.51. The summed E-state index contributed by atoms with van der Waals surface area (Å²) < 4.78 is 15.8. The van der Waals surface area contributed by atoms with E-state index in [1.165, 1.54) is 20.4 Å². The minimum atomic E-state index is -0.391. The van der Waals surface area contributed by atoms with Gasteiger partial charge in [-0.2, -0.15) is 4.98 Å². The van der Waals surface area contributed by atoms with E-state index in [0.717, 1.165) is 0 Å². The van der Waals surface area contributed by atoms with Gasteiger partial charge in [0.2, 0.25) is 11.8 Å². The molecule has 0 spiro atoms. The Kier molecular flexibility index (Phi) is 4.86. The maximum Gasteiger partial charge on any atom is 0.240 e. The molecule has 1 rings (SSSR count). The Morgan fingerprint density at radius 3 is 2.44 bits per heavy atom. The van der Waals surface area contributed by atoms with Crippen LogP contribution in [0, 0.1) is 0 Å². The van der Waals surface area contributed by atoms with Gasteiger partial charge in [0, 0.05) is 0 Å². The van der Waals surface area contributed by atoms with E-state index in [1.54, 1.807) is 0 Å². The van der Waals surface area contributed by atoms with Gasteiger partial charge in [0.1, 0.15) is 5.69 Å². The van der Waals surface area contributed by atoms with E-state index in [0.29, 0.717) is 24.1 Å². The number of aromatic nitrogens is 2. The summed E-state index contributed by atoms with van der Waals surface area (Å²) in [7, 11) is 3.04. The molecular weight excluding hydrogens is 234 g/mol. The number of hydrogen-bond acceptors (Lipinski definition) is 6. The predicted octanol–water partition coefficient (Wildman–Crippen LogP) is 1.31. The summed E-state index contributed by atoms with van der Waals surface area (Å²) in [6, 6.07) is -0.391. The van der Waals surface area contributed by atoms with Crippen LogP contribution in [0.1, 0.15) is 32.5 Å². The highest BCUT2D eigenvalue weighted by molar-refractivity contribution is 5.25. The van der Waals surface area contributed by atoms with Gasteiger partial charge in [-0.15, -0.1) is 0 Å². The van der Waals surface area contributed by atoms with Gasteiger partial charge >= 0.3 is 0 Å². The van der Waals surface area contributed by atoms with Gasteiger partial charge in [-0.25, -0.2) is 4.98 Å². The lowest BCUT2D eigenvalue weighted by Crippen LogP contribution is -2.27. The number of hydrogen-bond donors (Lipinski definition) is 1. The second kappa shape index (κ2) is 5.97. The van der Waals surface area contributed by atoms with Gasteiger partial charge in [-0.1, -0.05) is 0 Å². The van der Waals surface area contributed by atoms with Crippen LogP contribution in [-0.2, 0) is 4.74 Å². The number of nitrogens with two attached hydrogens (primary N) is 1. The summed E-state index contributed by atoms with van der Waals surface area (Å²) in [5.74, 6) is 0.749. The van der Waals surface area contributed by atoms with Crippen LogP contribution >= 0.6 is 0 Å². The number of rotatable bonds is 5. The Hall–Kier alpha value is -1.40. The lowest BCUT2D eigenvalue weighted by atomic mass is 10.2. The van der Waals surface area contributed by atoms with Gasteiger partial charge in [0.05, 0.1) is 38.7 Å². The van der Waals surface area contributed by atoms with E-state index in [2.05, 4.69) is 9.97 Å². The summed E-state index contributed by atoms with van der Waals surface area (Å²) in [5, 5.41) is 0. The average Bonchev–Trinajstić information content (AvgIpc) is 2.34. The minimum Gasteiger partial charge on any atom is -0.480 e. The molecule has 0 saturated carbocycles. The monoisotopic (exact) mass is 255 g/mol. The first-order valence-electron chi connectivity index (χ1n) is 5.72. The molecule has 1 atom stereocenters. The van der Waals surface area contributed by atoms with Crippen molar-refractivity contribution >= 4 is 0 Å². The van der Waals surface area contributed by atoms with Crippen LogP contribution in [0.5, 0.6) is 11.8 Å². The van der Waals surface area contributed by atoms with Crippen LogP contribution in [0.15, 0.2) is 6.20 Å². The fourth-order valence-corrected chi connectivity index (χ4v) is 1.29. The van der Waals surface area contributed by atoms with Crippen molar-refractivity contribution in [3.8, 4) is 11.8 Å². The third kappa shape index (κ3) is 4.12. The zero-order valence-corrected chi connectivity index (χ0v) is 11.6. The third-order valence-corrected chi connectivity index (χ3v) is 2.19. The van der Waals surface area contributed by atoms with Crippen molar-refractivity contribution in [3.63, 3.8) is 0 Å². The molecule has 1 aromatic heterocycles. The molecule has 0 aliphatic carbocycles. The van der Waals surface area contributed by atoms with E-state index in [-0.39, 0.29) is 5.60 Å². The Bertz CT molecular complexity index is 391. The van der Waals surface area contributed by atoms with Crippen molar-refractivity contribution in [2.75, 3.05) is 20.8 Å². The molecule has 1 aromatic rings. The maximum absolute atomic E-state index is 6.02. The third-order valence-electron chi connectivity index (χ3n) is 2.19. The van der Waals surface area contributed by atoms with Crippen LogP contribution in [-0.4, -0.2) is 36.4 Å². The van der Waals surface area contributed by atoms with E-state index in [4.69, 9.17) is 19.9 Å². The molecule has 6 nitrogen and oxygen atoms in total. The number of methoxy groups -OCH3 is 2. The molecule has 0 saturated heterocycles. The molecular formula is C12H21N3O3. The SMILES string of the molecule is COc1cnc(C(N)COC(C)(C)C)c(OC)n1. The predicted molar refractivity (Wildman–Crippen MR) is 67.8 cm³/mol. The van der Waals surface area contributed by atoms with E-state index in [9.17, 15) is 0 Å². The van der Waals surface area contributed by atoms with Crippen molar-refractivity contribution in [2.45, 2.75) is 32.4 Å². The van der Waals surface area contributed by atoms with E-state index < -0.39 is 6.04 Å². The van der Waals surface area contributed by atoms with Gasteiger partial charge in [-0.05, 0) is 20.8 Å². The summed E-state index contributed by atoms with van der Waals surface area (Å²) in [6.45, 7) is 6.25. The first kappa shape index (κ1) is 14.7. The number of nitrogens with zero attached hydrogens (tertiary/aromatic N) is 2. The highest BCUT2D eigenvalue weighted by Gasteiger charge is 2.19. The van der Waals surface area contributed by atoms with Gasteiger partial charge in [-0.3, -0.25) is 0 Å². The quantitative estimate of drug-likeness (QED) is 0.854. The highest BCUT2D eigenvalue weighted by atomic mass is 16.5. The molecule has 0 radical (unpaired) electrons. The summed E-state index contributed by atoms with van der Waals surface area (Å²) in [5.41, 5.74) is 6.33. The second-order valence-electron chi connectivity index (χ2n) is 4.84. The van der Waals surface area contributed by atoms with Crippen molar-refractivity contribution in [1.82, 2.24) is 9.97 Å². The molecule has 0 aromatic carbocycles.